The van der Waals surface area contributed by atoms with E-state index in [0.29, 0.717) is 17.1 Å². The van der Waals surface area contributed by atoms with E-state index in [2.05, 4.69) is 30.7 Å². The first kappa shape index (κ1) is 23.0. The number of rotatable bonds is 6. The zero-order valence-electron chi connectivity index (χ0n) is 19.0. The number of fused-ring (bicyclic) bond motifs is 1. The number of nitrogens with one attached hydrogen (secondary N) is 1. The Morgan fingerprint density at radius 3 is 2.61 bits per heavy atom. The summed E-state index contributed by atoms with van der Waals surface area (Å²) in [5.41, 5.74) is 4.17. The maximum absolute atomic E-state index is 11.5. The number of carbonyl (C=O) groups is 1. The molecule has 0 aliphatic heterocycles. The van der Waals surface area contributed by atoms with Crippen molar-refractivity contribution in [1.82, 2.24) is 20.3 Å². The Bertz CT molecular complexity index is 1660. The van der Waals surface area contributed by atoms with Crippen molar-refractivity contribution in [3.8, 4) is 11.3 Å². The Morgan fingerprint density at radius 1 is 1.08 bits per heavy atom. The van der Waals surface area contributed by atoms with E-state index in [0.717, 1.165) is 16.8 Å². The minimum absolute atomic E-state index is 0.0466. The second kappa shape index (κ2) is 9.12. The van der Waals surface area contributed by atoms with Gasteiger partial charge in [-0.15, -0.1) is 0 Å². The molecule has 0 amide bonds. The van der Waals surface area contributed by atoms with E-state index in [4.69, 9.17) is 26.5 Å². The standard InChI is InChI=1S/C24H18ClN7O4/c1-11-4-3-5-16(12(11)2)27-21-20(28-22-23(29-21)32-36-31-22)19(30-26)18-9-8-17(35-18)13-6-7-15(25)14(10-13)24(33)34/h3-10H,26H2,1-2H3,(H,33,34)(H,27,29,32). The SMILES string of the molecule is Cc1cccc(Nc2nc3nonc3nc2C(=NN)c2ccc(-c3ccc(Cl)c(C(=O)O)c3)o2)c1C. The third-order valence-electron chi connectivity index (χ3n) is 5.65. The summed E-state index contributed by atoms with van der Waals surface area (Å²) in [4.78, 5) is 20.5. The van der Waals surface area contributed by atoms with E-state index in [1.165, 1.54) is 12.1 Å². The Kier molecular flexibility index (Phi) is 5.82. The fourth-order valence-electron chi connectivity index (χ4n) is 3.61. The molecule has 4 N–H and O–H groups in total. The van der Waals surface area contributed by atoms with Gasteiger partial charge in [0, 0.05) is 11.3 Å². The van der Waals surface area contributed by atoms with Crippen molar-refractivity contribution in [1.29, 1.82) is 0 Å². The van der Waals surface area contributed by atoms with Gasteiger partial charge in [-0.05, 0) is 71.7 Å². The molecule has 0 bridgehead atoms. The normalized spacial score (nSPS) is 11.7. The van der Waals surface area contributed by atoms with Crippen molar-refractivity contribution < 1.29 is 18.9 Å². The second-order valence-corrected chi connectivity index (χ2v) is 8.25. The first-order valence-electron chi connectivity index (χ1n) is 10.6. The average molecular weight is 504 g/mol. The van der Waals surface area contributed by atoms with Crippen molar-refractivity contribution in [2.24, 2.45) is 10.9 Å². The lowest BCUT2D eigenvalue weighted by atomic mass is 10.1. The summed E-state index contributed by atoms with van der Waals surface area (Å²) < 4.78 is 10.8. The Morgan fingerprint density at radius 2 is 1.86 bits per heavy atom. The molecule has 5 rings (SSSR count). The van der Waals surface area contributed by atoms with Crippen molar-refractivity contribution >= 4 is 46.1 Å². The molecule has 3 heterocycles. The first-order chi connectivity index (χ1) is 17.4. The van der Waals surface area contributed by atoms with Gasteiger partial charge in [-0.1, -0.05) is 23.7 Å². The molecule has 0 fully saturated rings. The van der Waals surface area contributed by atoms with Gasteiger partial charge in [-0.3, -0.25) is 0 Å². The predicted octanol–water partition coefficient (Wildman–Crippen LogP) is 4.70. The van der Waals surface area contributed by atoms with Gasteiger partial charge in [0.25, 0.3) is 0 Å². The van der Waals surface area contributed by atoms with Crippen molar-refractivity contribution in [2.75, 3.05) is 5.32 Å². The van der Waals surface area contributed by atoms with E-state index in [1.54, 1.807) is 18.2 Å². The van der Waals surface area contributed by atoms with Crippen LogP contribution in [-0.2, 0) is 0 Å². The highest BCUT2D eigenvalue weighted by atomic mass is 35.5. The third kappa shape index (κ3) is 4.12. The smallest absolute Gasteiger partial charge is 0.337 e. The van der Waals surface area contributed by atoms with Crippen molar-refractivity contribution in [3.63, 3.8) is 0 Å². The number of aryl methyl sites for hydroxylation is 1. The highest BCUT2D eigenvalue weighted by Gasteiger charge is 2.23. The number of benzene rings is 2. The number of carboxylic acid groups (broad SMARTS) is 1. The van der Waals surface area contributed by atoms with Crippen LogP contribution >= 0.6 is 11.6 Å². The summed E-state index contributed by atoms with van der Waals surface area (Å²) >= 11 is 5.99. The molecule has 0 spiro atoms. The molecule has 2 aromatic carbocycles. The van der Waals surface area contributed by atoms with Crippen LogP contribution in [0.3, 0.4) is 0 Å². The number of aromatic nitrogens is 4. The summed E-state index contributed by atoms with van der Waals surface area (Å²) in [6.45, 7) is 3.98. The lowest BCUT2D eigenvalue weighted by Crippen LogP contribution is -2.13. The molecule has 0 saturated heterocycles. The zero-order chi connectivity index (χ0) is 25.4. The maximum atomic E-state index is 11.5. The quantitative estimate of drug-likeness (QED) is 0.168. The van der Waals surface area contributed by atoms with Gasteiger partial charge in [0.1, 0.15) is 11.5 Å². The summed E-state index contributed by atoms with van der Waals surface area (Å²) in [7, 11) is 0. The molecule has 0 radical (unpaired) electrons. The third-order valence-corrected chi connectivity index (χ3v) is 5.98. The summed E-state index contributed by atoms with van der Waals surface area (Å²) in [5, 5.41) is 24.2. The minimum atomic E-state index is -1.15. The van der Waals surface area contributed by atoms with Crippen molar-refractivity contribution in [3.05, 3.63) is 81.7 Å². The van der Waals surface area contributed by atoms with Gasteiger partial charge >= 0.3 is 5.97 Å². The minimum Gasteiger partial charge on any atom is -0.478 e. The number of halogens is 1. The van der Waals surface area contributed by atoms with Gasteiger partial charge < -0.3 is 20.7 Å². The van der Waals surface area contributed by atoms with Crippen molar-refractivity contribution in [2.45, 2.75) is 13.8 Å². The largest absolute Gasteiger partial charge is 0.478 e. The number of furan rings is 1. The Balaban J connectivity index is 1.59. The molecule has 12 heteroatoms. The number of carboxylic acids is 1. The van der Waals surface area contributed by atoms with Crippen LogP contribution in [0.25, 0.3) is 22.6 Å². The van der Waals surface area contributed by atoms with E-state index < -0.39 is 5.97 Å². The molecule has 3 aromatic heterocycles. The molecular weight excluding hydrogens is 486 g/mol. The van der Waals surface area contributed by atoms with E-state index in [-0.39, 0.29) is 39.0 Å². The van der Waals surface area contributed by atoms with Crippen LogP contribution in [0, 0.1) is 13.8 Å². The van der Waals surface area contributed by atoms with Crippen LogP contribution < -0.4 is 11.2 Å². The van der Waals surface area contributed by atoms with Gasteiger partial charge in [-0.2, -0.15) is 5.10 Å². The fraction of sp³-hybridized carbons (Fsp3) is 0.0833. The second-order valence-electron chi connectivity index (χ2n) is 7.85. The zero-order valence-corrected chi connectivity index (χ0v) is 19.7. The van der Waals surface area contributed by atoms with Gasteiger partial charge in [0.2, 0.25) is 11.3 Å². The van der Waals surface area contributed by atoms with Crippen LogP contribution in [0.5, 0.6) is 0 Å². The number of hydrazone groups is 1. The van der Waals surface area contributed by atoms with E-state index >= 15 is 0 Å². The molecule has 5 aromatic rings. The van der Waals surface area contributed by atoms with Crippen LogP contribution in [0.15, 0.2) is 62.7 Å². The molecule has 0 atom stereocenters. The van der Waals surface area contributed by atoms with Crippen LogP contribution in [0.4, 0.5) is 11.5 Å². The number of hydrogen-bond donors (Lipinski definition) is 3. The van der Waals surface area contributed by atoms with Gasteiger partial charge in [0.05, 0.1) is 10.6 Å². The Hall–Kier alpha value is -4.77. The monoisotopic (exact) mass is 503 g/mol. The molecule has 0 aliphatic carbocycles. The number of anilines is 2. The van der Waals surface area contributed by atoms with Crippen LogP contribution in [0.1, 0.15) is 32.9 Å². The topological polar surface area (TPSA) is 166 Å². The van der Waals surface area contributed by atoms with Gasteiger partial charge in [-0.25, -0.2) is 19.4 Å². The lowest BCUT2D eigenvalue weighted by Gasteiger charge is -2.13. The molecule has 36 heavy (non-hydrogen) atoms. The lowest BCUT2D eigenvalue weighted by molar-refractivity contribution is 0.0697. The maximum Gasteiger partial charge on any atom is 0.337 e. The molecule has 0 saturated carbocycles. The number of aromatic carboxylic acids is 1. The number of hydrogen-bond acceptors (Lipinski definition) is 10. The summed E-state index contributed by atoms with van der Waals surface area (Å²) in [6, 6.07) is 13.7. The van der Waals surface area contributed by atoms with E-state index in [9.17, 15) is 9.90 Å². The average Bonchev–Trinajstić information content (AvgIpc) is 3.52. The number of nitrogens with two attached hydrogens (primary N) is 1. The number of nitrogens with zero attached hydrogens (tertiary/aromatic N) is 5. The fourth-order valence-corrected chi connectivity index (χ4v) is 3.81. The van der Waals surface area contributed by atoms with Gasteiger partial charge in [0.15, 0.2) is 17.3 Å². The molecule has 0 unspecified atom stereocenters. The molecule has 180 valence electrons. The molecule has 0 aliphatic rings. The predicted molar refractivity (Wildman–Crippen MR) is 133 cm³/mol. The highest BCUT2D eigenvalue weighted by Crippen LogP contribution is 2.30. The molecule has 11 nitrogen and oxygen atoms in total. The first-order valence-corrected chi connectivity index (χ1v) is 11.0. The molecular formula is C24H18ClN7O4. The van der Waals surface area contributed by atoms with Crippen LogP contribution in [-0.4, -0.2) is 37.1 Å². The van der Waals surface area contributed by atoms with Crippen LogP contribution in [0.2, 0.25) is 5.02 Å². The highest BCUT2D eigenvalue weighted by molar-refractivity contribution is 6.33. The van der Waals surface area contributed by atoms with E-state index in [1.807, 2.05) is 32.0 Å². The summed E-state index contributed by atoms with van der Waals surface area (Å²) in [5.74, 6) is 5.60. The Labute approximate surface area is 208 Å². The summed E-state index contributed by atoms with van der Waals surface area (Å²) in [6.07, 6.45) is 0.